The van der Waals surface area contributed by atoms with Crippen LogP contribution in [0.15, 0.2) is 53.5 Å². The largest absolute Gasteiger partial charge is 0.380 e. The van der Waals surface area contributed by atoms with E-state index in [2.05, 4.69) is 53.3 Å². The number of benzene rings is 2. The molecular formula is C23H33IN4O2. The van der Waals surface area contributed by atoms with Gasteiger partial charge in [0.1, 0.15) is 0 Å². The van der Waals surface area contributed by atoms with E-state index < -0.39 is 0 Å². The fraction of sp³-hybridized carbons (Fsp3) is 0.435. The van der Waals surface area contributed by atoms with E-state index in [4.69, 9.17) is 15.2 Å². The number of para-hydroxylation sites is 1. The number of nitrogens with two attached hydrogens (primary N) is 1. The Bertz CT molecular complexity index is 803. The quantitative estimate of drug-likeness (QED) is 0.326. The van der Waals surface area contributed by atoms with Crippen molar-refractivity contribution in [2.75, 3.05) is 25.5 Å². The second-order valence-electron chi connectivity index (χ2n) is 7.68. The molecule has 0 radical (unpaired) electrons. The van der Waals surface area contributed by atoms with Crippen LogP contribution in [-0.4, -0.2) is 43.3 Å². The highest BCUT2D eigenvalue weighted by atomic mass is 127. The Balaban J connectivity index is 0.00000320. The molecule has 1 aliphatic rings. The zero-order valence-electron chi connectivity index (χ0n) is 18.0. The summed E-state index contributed by atoms with van der Waals surface area (Å²) in [5.74, 6) is 0.397. The van der Waals surface area contributed by atoms with E-state index in [9.17, 15) is 0 Å². The van der Waals surface area contributed by atoms with E-state index in [0.717, 1.165) is 36.4 Å². The zero-order valence-corrected chi connectivity index (χ0v) is 20.3. The number of hydrogen-bond acceptors (Lipinski definition) is 4. The van der Waals surface area contributed by atoms with Crippen LogP contribution in [0, 0.1) is 0 Å². The van der Waals surface area contributed by atoms with Crippen LogP contribution in [0.5, 0.6) is 0 Å². The van der Waals surface area contributed by atoms with E-state index in [1.54, 1.807) is 7.11 Å². The summed E-state index contributed by atoms with van der Waals surface area (Å²) in [5.41, 5.74) is 10.5. The topological polar surface area (TPSA) is 72.1 Å². The molecule has 2 unspecified atom stereocenters. The number of guanidine groups is 1. The van der Waals surface area contributed by atoms with Gasteiger partial charge < -0.3 is 20.5 Å². The van der Waals surface area contributed by atoms with Crippen molar-refractivity contribution in [2.24, 2.45) is 10.7 Å². The molecule has 30 heavy (non-hydrogen) atoms. The third-order valence-corrected chi connectivity index (χ3v) is 4.94. The van der Waals surface area contributed by atoms with Gasteiger partial charge in [0, 0.05) is 38.0 Å². The fourth-order valence-corrected chi connectivity index (χ4v) is 3.70. The van der Waals surface area contributed by atoms with Crippen LogP contribution in [0.1, 0.15) is 30.5 Å². The second-order valence-corrected chi connectivity index (χ2v) is 7.68. The normalized spacial score (nSPS) is 19.9. The minimum Gasteiger partial charge on any atom is -0.380 e. The van der Waals surface area contributed by atoms with Gasteiger partial charge in [0.05, 0.1) is 25.4 Å². The molecule has 1 fully saturated rings. The molecule has 3 N–H and O–H groups in total. The molecule has 0 bridgehead atoms. The summed E-state index contributed by atoms with van der Waals surface area (Å²) in [6.07, 6.45) is 0.578. The molecular weight excluding hydrogens is 491 g/mol. The van der Waals surface area contributed by atoms with Crippen LogP contribution in [0.3, 0.4) is 0 Å². The Morgan fingerprint density at radius 1 is 1.10 bits per heavy atom. The van der Waals surface area contributed by atoms with Gasteiger partial charge in [0.2, 0.25) is 0 Å². The predicted octanol–water partition coefficient (Wildman–Crippen LogP) is 3.99. The van der Waals surface area contributed by atoms with Crippen molar-refractivity contribution in [1.82, 2.24) is 4.90 Å². The van der Waals surface area contributed by atoms with Crippen molar-refractivity contribution in [1.29, 1.82) is 0 Å². The first-order valence-electron chi connectivity index (χ1n) is 10.1. The molecule has 1 aliphatic heterocycles. The summed E-state index contributed by atoms with van der Waals surface area (Å²) in [7, 11) is 1.68. The van der Waals surface area contributed by atoms with Crippen molar-refractivity contribution >= 4 is 35.6 Å². The van der Waals surface area contributed by atoms with Crippen molar-refractivity contribution in [2.45, 2.75) is 45.8 Å². The molecule has 2 aromatic rings. The first-order valence-corrected chi connectivity index (χ1v) is 10.1. The molecule has 0 amide bonds. The molecule has 0 aliphatic carbocycles. The second kappa shape index (κ2) is 12.2. The molecule has 2 atom stereocenters. The number of ether oxygens (including phenoxy) is 2. The third-order valence-electron chi connectivity index (χ3n) is 4.94. The Kier molecular flexibility index (Phi) is 10.0. The minimum absolute atomic E-state index is 0. The van der Waals surface area contributed by atoms with Crippen molar-refractivity contribution in [3.8, 4) is 0 Å². The van der Waals surface area contributed by atoms with Crippen molar-refractivity contribution in [3.05, 3.63) is 65.2 Å². The molecule has 3 rings (SSSR count). The van der Waals surface area contributed by atoms with Crippen molar-refractivity contribution < 1.29 is 9.47 Å². The number of halogens is 1. The average molecular weight is 524 g/mol. The molecule has 1 saturated heterocycles. The minimum atomic E-state index is 0. The molecule has 0 aromatic heterocycles. The summed E-state index contributed by atoms with van der Waals surface area (Å²) in [5, 5.41) is 3.17. The monoisotopic (exact) mass is 524 g/mol. The number of nitrogens with one attached hydrogen (secondary N) is 1. The third kappa shape index (κ3) is 7.54. The Hall–Kier alpha value is -1.68. The first kappa shape index (κ1) is 24.6. The highest BCUT2D eigenvalue weighted by molar-refractivity contribution is 14.0. The maximum Gasteiger partial charge on any atom is 0.193 e. The van der Waals surface area contributed by atoms with Gasteiger partial charge in [-0.25, -0.2) is 4.99 Å². The predicted molar refractivity (Wildman–Crippen MR) is 133 cm³/mol. The average Bonchev–Trinajstić information content (AvgIpc) is 2.68. The van der Waals surface area contributed by atoms with Gasteiger partial charge in [-0.3, -0.25) is 4.90 Å². The number of methoxy groups -OCH3 is 1. The molecule has 164 valence electrons. The van der Waals surface area contributed by atoms with E-state index in [1.165, 1.54) is 5.56 Å². The standard InChI is InChI=1S/C23H32N4O2.HI/c1-17-13-27(14-18(2)29-17)15-20-10-8-19(9-11-20)12-25-23(24)26-22-7-5-4-6-21(22)16-28-3;/h4-11,17-18H,12-16H2,1-3H3,(H3,24,25,26);1H. The van der Waals surface area contributed by atoms with Gasteiger partial charge in [-0.05, 0) is 31.0 Å². The fourth-order valence-electron chi connectivity index (χ4n) is 3.70. The maximum atomic E-state index is 6.08. The van der Waals surface area contributed by atoms with Crippen LogP contribution in [0.25, 0.3) is 0 Å². The number of hydrogen-bond donors (Lipinski definition) is 2. The summed E-state index contributed by atoms with van der Waals surface area (Å²) in [4.78, 5) is 6.92. The summed E-state index contributed by atoms with van der Waals surface area (Å²) in [6, 6.07) is 16.5. The SMILES string of the molecule is COCc1ccccc1NC(N)=NCc1ccc(CN2CC(C)OC(C)C2)cc1.I. The van der Waals surface area contributed by atoms with Crippen LogP contribution in [-0.2, 0) is 29.2 Å². The lowest BCUT2D eigenvalue weighted by Gasteiger charge is -2.35. The highest BCUT2D eigenvalue weighted by Gasteiger charge is 2.21. The van der Waals surface area contributed by atoms with Crippen LogP contribution < -0.4 is 11.1 Å². The van der Waals surface area contributed by atoms with Crippen molar-refractivity contribution in [3.63, 3.8) is 0 Å². The van der Waals surface area contributed by atoms with Gasteiger partial charge in [-0.15, -0.1) is 24.0 Å². The lowest BCUT2D eigenvalue weighted by molar-refractivity contribution is -0.0704. The Labute approximate surface area is 196 Å². The van der Waals surface area contributed by atoms with Crippen LogP contribution in [0.2, 0.25) is 0 Å². The molecule has 7 heteroatoms. The smallest absolute Gasteiger partial charge is 0.193 e. The molecule has 0 spiro atoms. The van der Waals surface area contributed by atoms with E-state index in [1.807, 2.05) is 24.3 Å². The lowest BCUT2D eigenvalue weighted by atomic mass is 10.1. The zero-order chi connectivity index (χ0) is 20.6. The van der Waals surface area contributed by atoms with Crippen LogP contribution >= 0.6 is 24.0 Å². The summed E-state index contributed by atoms with van der Waals surface area (Å²) < 4.78 is 11.0. The van der Waals surface area contributed by atoms with Gasteiger partial charge >= 0.3 is 0 Å². The first-order chi connectivity index (χ1) is 14.0. The number of nitrogens with zero attached hydrogens (tertiary/aromatic N) is 2. The number of morpholine rings is 1. The van der Waals surface area contributed by atoms with Gasteiger partial charge in [0.25, 0.3) is 0 Å². The van der Waals surface area contributed by atoms with E-state index >= 15 is 0 Å². The van der Waals surface area contributed by atoms with Gasteiger partial charge in [-0.1, -0.05) is 42.5 Å². The Morgan fingerprint density at radius 3 is 2.40 bits per heavy atom. The van der Waals surface area contributed by atoms with E-state index in [0.29, 0.717) is 19.1 Å². The lowest BCUT2D eigenvalue weighted by Crippen LogP contribution is -2.44. The molecule has 6 nitrogen and oxygen atoms in total. The molecule has 1 heterocycles. The summed E-state index contributed by atoms with van der Waals surface area (Å²) >= 11 is 0. The Morgan fingerprint density at radius 2 is 1.73 bits per heavy atom. The van der Waals surface area contributed by atoms with Gasteiger partial charge in [-0.2, -0.15) is 0 Å². The van der Waals surface area contributed by atoms with E-state index in [-0.39, 0.29) is 36.2 Å². The van der Waals surface area contributed by atoms with Crippen LogP contribution in [0.4, 0.5) is 5.69 Å². The molecule has 0 saturated carbocycles. The number of rotatable bonds is 7. The maximum absolute atomic E-state index is 6.08. The molecule has 2 aromatic carbocycles. The number of anilines is 1. The van der Waals surface area contributed by atoms with Gasteiger partial charge in [0.15, 0.2) is 5.96 Å². The highest BCUT2D eigenvalue weighted by Crippen LogP contribution is 2.16. The summed E-state index contributed by atoms with van der Waals surface area (Å²) in [6.45, 7) is 8.23. The number of aliphatic imine (C=N–C) groups is 1.